The number of hydrogen-bond acceptors (Lipinski definition) is 10. The number of nitrogens with zero attached hydrogens (tertiary/aromatic N) is 3. The van der Waals surface area contributed by atoms with E-state index in [-0.39, 0.29) is 53.4 Å². The van der Waals surface area contributed by atoms with Gasteiger partial charge in [-0.25, -0.2) is 18.2 Å². The lowest BCUT2D eigenvalue weighted by molar-refractivity contribution is -0.148. The molecule has 0 fully saturated rings. The summed E-state index contributed by atoms with van der Waals surface area (Å²) in [6.07, 6.45) is 0.882. The van der Waals surface area contributed by atoms with Crippen molar-refractivity contribution in [3.8, 4) is 5.75 Å². The number of amides is 1. The molecule has 16 heteroatoms. The molecule has 0 aliphatic heterocycles. The molecule has 0 spiro atoms. The van der Waals surface area contributed by atoms with Crippen molar-refractivity contribution < 1.29 is 40.6 Å². The number of rotatable bonds is 17. The highest BCUT2D eigenvalue weighted by molar-refractivity contribution is 7.92. The fourth-order valence-electron chi connectivity index (χ4n) is 5.43. The highest BCUT2D eigenvalue weighted by atomic mass is 32.2. The fourth-order valence-corrected chi connectivity index (χ4v) is 8.11. The number of nitrogens with one attached hydrogen (secondary N) is 2. The maximum Gasteiger partial charge on any atom is 0.408 e. The van der Waals surface area contributed by atoms with Crippen molar-refractivity contribution in [3.05, 3.63) is 103 Å². The summed E-state index contributed by atoms with van der Waals surface area (Å²) in [4.78, 5) is 29.3. The van der Waals surface area contributed by atoms with Crippen LogP contribution in [-0.4, -0.2) is 73.6 Å². The summed E-state index contributed by atoms with van der Waals surface area (Å²) >= 11 is 0. The maximum absolute atomic E-state index is 14.6. The molecule has 0 radical (unpaired) electrons. The average molecular weight is 784 g/mol. The molecular weight excluding hydrogens is 735 g/mol. The minimum absolute atomic E-state index is 0.00809. The van der Waals surface area contributed by atoms with Crippen molar-refractivity contribution in [2.45, 2.75) is 82.2 Å². The molecule has 3 aromatic carbocycles. The molecular formula is C38H49N5O9S2. The van der Waals surface area contributed by atoms with E-state index in [0.29, 0.717) is 0 Å². The van der Waals surface area contributed by atoms with Gasteiger partial charge in [-0.2, -0.15) is 12.7 Å². The molecule has 2 atom stereocenters. The minimum atomic E-state index is -4.43. The lowest BCUT2D eigenvalue weighted by Gasteiger charge is -2.33. The van der Waals surface area contributed by atoms with E-state index in [1.807, 2.05) is 74.5 Å². The van der Waals surface area contributed by atoms with Crippen LogP contribution in [0.25, 0.3) is 0 Å². The van der Waals surface area contributed by atoms with Crippen LogP contribution in [0.1, 0.15) is 52.7 Å². The number of carbonyl (C=O) groups is 2. The smallest absolute Gasteiger partial charge is 0.408 e. The summed E-state index contributed by atoms with van der Waals surface area (Å²) in [7, 11) is -7.08. The highest BCUT2D eigenvalue weighted by Crippen LogP contribution is 2.32. The van der Waals surface area contributed by atoms with Crippen molar-refractivity contribution in [1.82, 2.24) is 19.2 Å². The first-order valence-electron chi connectivity index (χ1n) is 17.3. The third-order valence-electron chi connectivity index (χ3n) is 7.75. The van der Waals surface area contributed by atoms with Gasteiger partial charge in [0.1, 0.15) is 24.1 Å². The summed E-state index contributed by atoms with van der Waals surface area (Å²) in [6.45, 7) is 9.71. The van der Waals surface area contributed by atoms with Crippen LogP contribution >= 0.6 is 0 Å². The van der Waals surface area contributed by atoms with Gasteiger partial charge in [0.25, 0.3) is 10.0 Å². The Balaban J connectivity index is 1.75. The van der Waals surface area contributed by atoms with E-state index in [1.54, 1.807) is 27.8 Å². The molecule has 54 heavy (non-hydrogen) atoms. The van der Waals surface area contributed by atoms with Crippen LogP contribution in [0.5, 0.6) is 5.75 Å². The normalized spacial score (nSPS) is 13.3. The van der Waals surface area contributed by atoms with Gasteiger partial charge in [-0.3, -0.25) is 9.52 Å². The van der Waals surface area contributed by atoms with E-state index < -0.39 is 49.9 Å². The van der Waals surface area contributed by atoms with Crippen LogP contribution < -0.4 is 14.8 Å². The molecule has 1 heterocycles. The summed E-state index contributed by atoms with van der Waals surface area (Å²) in [6, 6.07) is 21.3. The molecule has 1 amide bonds. The zero-order valence-corrected chi connectivity index (χ0v) is 33.2. The Bertz CT molecular complexity index is 2080. The molecule has 0 saturated carbocycles. The second-order valence-electron chi connectivity index (χ2n) is 14.2. The van der Waals surface area contributed by atoms with E-state index in [1.165, 1.54) is 42.2 Å². The predicted molar refractivity (Wildman–Crippen MR) is 204 cm³/mol. The average Bonchev–Trinajstić information content (AvgIpc) is 3.53. The van der Waals surface area contributed by atoms with E-state index in [4.69, 9.17) is 14.2 Å². The molecule has 0 saturated heterocycles. The van der Waals surface area contributed by atoms with Gasteiger partial charge in [0.15, 0.2) is 5.03 Å². The molecule has 14 nitrogen and oxygen atoms in total. The lowest BCUT2D eigenvalue weighted by atomic mass is 10.0. The quantitative estimate of drug-likeness (QED) is 0.130. The number of imidazole rings is 1. The molecule has 0 aliphatic carbocycles. The first-order chi connectivity index (χ1) is 25.3. The topological polar surface area (TPSA) is 175 Å². The SMILES string of the molecule is CC(=O)OC(CN(CC(C)C)S(=O)(=O)c1ccc(OCc2ccccc2)c(NS(=O)(=O)c2cn(C)cn2)c1)C(Cc1ccccc1)NC(=O)OC(C)(C)C. The van der Waals surface area contributed by atoms with Crippen LogP contribution in [0.4, 0.5) is 10.5 Å². The fraction of sp³-hybridized carbons (Fsp3) is 0.395. The van der Waals surface area contributed by atoms with Crippen LogP contribution in [0, 0.1) is 5.92 Å². The number of hydrogen-bond donors (Lipinski definition) is 2. The van der Waals surface area contributed by atoms with Crippen LogP contribution in [0.15, 0.2) is 101 Å². The van der Waals surface area contributed by atoms with Crippen LogP contribution in [-0.2, 0) is 54.4 Å². The molecule has 1 aromatic heterocycles. The Morgan fingerprint density at radius 2 is 1.54 bits per heavy atom. The summed E-state index contributed by atoms with van der Waals surface area (Å²) in [5, 5.41) is 2.53. The van der Waals surface area contributed by atoms with Gasteiger partial charge in [0.05, 0.1) is 29.5 Å². The number of benzene rings is 3. The Morgan fingerprint density at radius 3 is 2.09 bits per heavy atom. The Kier molecular flexibility index (Phi) is 13.9. The van der Waals surface area contributed by atoms with Gasteiger partial charge in [0.2, 0.25) is 10.0 Å². The monoisotopic (exact) mass is 783 g/mol. The van der Waals surface area contributed by atoms with E-state index in [9.17, 15) is 26.4 Å². The number of carbonyl (C=O) groups excluding carboxylic acids is 2. The molecule has 2 unspecified atom stereocenters. The number of alkyl carbamates (subject to hydrolysis) is 1. The van der Waals surface area contributed by atoms with Crippen molar-refractivity contribution >= 4 is 37.8 Å². The second-order valence-corrected chi connectivity index (χ2v) is 17.8. The lowest BCUT2D eigenvalue weighted by Crippen LogP contribution is -2.53. The molecule has 4 aromatic rings. The maximum atomic E-state index is 14.6. The third kappa shape index (κ3) is 12.3. The number of aromatic nitrogens is 2. The predicted octanol–water partition coefficient (Wildman–Crippen LogP) is 5.51. The van der Waals surface area contributed by atoms with Gasteiger partial charge in [0, 0.05) is 26.7 Å². The molecule has 2 N–H and O–H groups in total. The summed E-state index contributed by atoms with van der Waals surface area (Å²) in [5.74, 6) is -0.799. The van der Waals surface area contributed by atoms with Crippen molar-refractivity contribution in [1.29, 1.82) is 0 Å². The molecule has 0 bridgehead atoms. The summed E-state index contributed by atoms with van der Waals surface area (Å²) in [5.41, 5.74) is 0.632. The molecule has 292 valence electrons. The van der Waals surface area contributed by atoms with Crippen molar-refractivity contribution in [3.63, 3.8) is 0 Å². The van der Waals surface area contributed by atoms with Crippen molar-refractivity contribution in [2.75, 3.05) is 17.8 Å². The zero-order chi connectivity index (χ0) is 39.7. The van der Waals surface area contributed by atoms with Gasteiger partial charge < -0.3 is 24.1 Å². The van der Waals surface area contributed by atoms with Gasteiger partial charge in [-0.1, -0.05) is 74.5 Å². The standard InChI is InChI=1S/C38H49N5O9S2/c1-27(2)22-43(23-35(51-28(3)44)32(20-29-14-10-8-11-15-29)40-37(45)52-38(4,5)6)54(48,49)31-18-19-34(50-25-30-16-12-9-13-17-30)33(21-31)41-53(46,47)36-24-42(7)26-39-36/h8-19,21,24,26-27,32,35,41H,20,22-23,25H2,1-7H3,(H,40,45). The Morgan fingerprint density at radius 1 is 0.907 bits per heavy atom. The van der Waals surface area contributed by atoms with Crippen LogP contribution in [0.3, 0.4) is 0 Å². The Hall–Kier alpha value is -4.93. The first kappa shape index (κ1) is 41.8. The second kappa shape index (κ2) is 17.9. The molecule has 0 aliphatic rings. The van der Waals surface area contributed by atoms with Gasteiger partial charge in [-0.15, -0.1) is 0 Å². The molecule has 4 rings (SSSR count). The number of anilines is 1. The first-order valence-corrected chi connectivity index (χ1v) is 20.3. The minimum Gasteiger partial charge on any atom is -0.487 e. The van der Waals surface area contributed by atoms with Gasteiger partial charge >= 0.3 is 12.1 Å². The van der Waals surface area contributed by atoms with E-state index >= 15 is 0 Å². The number of sulfonamides is 2. The largest absolute Gasteiger partial charge is 0.487 e. The van der Waals surface area contributed by atoms with E-state index in [2.05, 4.69) is 15.0 Å². The number of esters is 1. The van der Waals surface area contributed by atoms with E-state index in [0.717, 1.165) is 15.4 Å². The van der Waals surface area contributed by atoms with Crippen LogP contribution in [0.2, 0.25) is 0 Å². The van der Waals surface area contributed by atoms with Crippen molar-refractivity contribution in [2.24, 2.45) is 13.0 Å². The number of aryl methyl sites for hydroxylation is 1. The Labute approximate surface area is 317 Å². The highest BCUT2D eigenvalue weighted by Gasteiger charge is 2.35. The summed E-state index contributed by atoms with van der Waals surface area (Å²) < 4.78 is 78.4. The third-order valence-corrected chi connectivity index (χ3v) is 10.8. The van der Waals surface area contributed by atoms with Gasteiger partial charge in [-0.05, 0) is 62.4 Å². The zero-order valence-electron chi connectivity index (χ0n) is 31.6. The number of ether oxygens (including phenoxy) is 3.